The van der Waals surface area contributed by atoms with Crippen LogP contribution in [0.25, 0.3) is 0 Å². The van der Waals surface area contributed by atoms with Crippen molar-refractivity contribution < 1.29 is 38.9 Å². The summed E-state index contributed by atoms with van der Waals surface area (Å²) in [6.07, 6.45) is 1.12. The van der Waals surface area contributed by atoms with Crippen LogP contribution in [0.2, 0.25) is 0 Å². The third kappa shape index (κ3) is 3.90. The Morgan fingerprint density at radius 1 is 1.11 bits per heavy atom. The predicted octanol–water partition coefficient (Wildman–Crippen LogP) is 2.81. The van der Waals surface area contributed by atoms with E-state index in [0.29, 0.717) is 11.4 Å². The van der Waals surface area contributed by atoms with Crippen LogP contribution >= 0.6 is 0 Å². The summed E-state index contributed by atoms with van der Waals surface area (Å²) in [4.78, 5) is 51.5. The van der Waals surface area contributed by atoms with Gasteiger partial charge in [0.2, 0.25) is 5.91 Å². The van der Waals surface area contributed by atoms with E-state index in [-0.39, 0.29) is 46.0 Å². The molecule has 4 rings (SSSR count). The molecular formula is C27H26N2O8. The van der Waals surface area contributed by atoms with Crippen LogP contribution in [0, 0.1) is 6.92 Å². The molecule has 0 saturated heterocycles. The van der Waals surface area contributed by atoms with Gasteiger partial charge in [0.15, 0.2) is 17.3 Å². The fourth-order valence-corrected chi connectivity index (χ4v) is 4.61. The number of carbonyl (C=O) groups is 4. The maximum Gasteiger partial charge on any atom is 0.243 e. The first-order valence-corrected chi connectivity index (χ1v) is 11.4. The van der Waals surface area contributed by atoms with Gasteiger partial charge in [-0.05, 0) is 39.8 Å². The van der Waals surface area contributed by atoms with Crippen LogP contribution in [0.15, 0.2) is 47.4 Å². The quantitative estimate of drug-likeness (QED) is 0.263. The number of hydrogen-bond donors (Lipinski definition) is 4. The SMILES string of the molecule is COc1ccccc1NC(=O)CNC(C)=C1C(=O)C=C2Oc3c(C(C)=O)c(O)c(C)c(O)c3C2(C)C1=O. The van der Waals surface area contributed by atoms with Gasteiger partial charge in [0.05, 0.1) is 30.5 Å². The van der Waals surface area contributed by atoms with Gasteiger partial charge in [-0.15, -0.1) is 0 Å². The number of ketones is 3. The number of para-hydroxylation sites is 2. The van der Waals surface area contributed by atoms with E-state index >= 15 is 0 Å². The van der Waals surface area contributed by atoms with Gasteiger partial charge >= 0.3 is 0 Å². The van der Waals surface area contributed by atoms with E-state index in [1.54, 1.807) is 24.3 Å². The largest absolute Gasteiger partial charge is 0.507 e. The highest BCUT2D eigenvalue weighted by atomic mass is 16.5. The average molecular weight is 507 g/mol. The molecule has 2 aromatic carbocycles. The Morgan fingerprint density at radius 3 is 2.43 bits per heavy atom. The molecule has 2 aromatic rings. The van der Waals surface area contributed by atoms with E-state index in [1.165, 1.54) is 34.8 Å². The number of ether oxygens (including phenoxy) is 2. The highest BCUT2D eigenvalue weighted by molar-refractivity contribution is 6.31. The Bertz CT molecular complexity index is 1450. The van der Waals surface area contributed by atoms with Gasteiger partial charge in [-0.2, -0.15) is 0 Å². The van der Waals surface area contributed by atoms with E-state index in [9.17, 15) is 29.4 Å². The highest BCUT2D eigenvalue weighted by Gasteiger charge is 2.56. The van der Waals surface area contributed by atoms with E-state index in [1.807, 2.05) is 0 Å². The third-order valence-electron chi connectivity index (χ3n) is 6.65. The Hall–Kier alpha value is -4.60. The van der Waals surface area contributed by atoms with E-state index in [2.05, 4.69) is 10.6 Å². The fourth-order valence-electron chi connectivity index (χ4n) is 4.61. The third-order valence-corrected chi connectivity index (χ3v) is 6.65. The maximum atomic E-state index is 13.8. The molecule has 10 heteroatoms. The van der Waals surface area contributed by atoms with Gasteiger partial charge in [-0.3, -0.25) is 19.2 Å². The number of hydrogen-bond acceptors (Lipinski definition) is 9. The number of phenols is 2. The average Bonchev–Trinajstić information content (AvgIpc) is 3.14. The van der Waals surface area contributed by atoms with Crippen molar-refractivity contribution in [2.45, 2.75) is 33.1 Å². The fraction of sp³-hybridized carbons (Fsp3) is 0.259. The first-order valence-electron chi connectivity index (χ1n) is 11.4. The summed E-state index contributed by atoms with van der Waals surface area (Å²) in [5.74, 6) is -2.94. The second-order valence-corrected chi connectivity index (χ2v) is 8.99. The van der Waals surface area contributed by atoms with Crippen molar-refractivity contribution in [2.24, 2.45) is 0 Å². The van der Waals surface area contributed by atoms with E-state index in [4.69, 9.17) is 9.47 Å². The monoisotopic (exact) mass is 506 g/mol. The number of methoxy groups -OCH3 is 1. The van der Waals surface area contributed by atoms with Crippen LogP contribution in [0.3, 0.4) is 0 Å². The molecule has 0 saturated carbocycles. The number of amides is 1. The molecule has 1 amide bonds. The molecule has 192 valence electrons. The number of rotatable bonds is 6. The number of aromatic hydroxyl groups is 2. The lowest BCUT2D eigenvalue weighted by atomic mass is 9.70. The van der Waals surface area contributed by atoms with Gasteiger partial charge in [-0.1, -0.05) is 12.1 Å². The van der Waals surface area contributed by atoms with Gasteiger partial charge < -0.3 is 30.3 Å². The summed E-state index contributed by atoms with van der Waals surface area (Å²) < 4.78 is 11.0. The maximum absolute atomic E-state index is 13.8. The Morgan fingerprint density at radius 2 is 1.78 bits per heavy atom. The van der Waals surface area contributed by atoms with Gasteiger partial charge in [0, 0.05) is 17.3 Å². The standard InChI is InChI=1S/C27H26N2O8/c1-12-23(33)21(14(3)30)25-22(24(12)34)27(4)18(37-25)10-16(31)20(26(27)35)13(2)28-11-19(32)29-15-8-6-7-9-17(15)36-5/h6-10,28,33-34H,11H2,1-5H3,(H,29,32). The lowest BCUT2D eigenvalue weighted by Gasteiger charge is -2.29. The van der Waals surface area contributed by atoms with Crippen LogP contribution in [0.5, 0.6) is 23.0 Å². The van der Waals surface area contributed by atoms with Crippen LogP contribution < -0.4 is 20.1 Å². The topological polar surface area (TPSA) is 151 Å². The number of phenolic OH excluding ortho intramolecular Hbond substituents is 2. The molecule has 4 N–H and O–H groups in total. The number of allylic oxidation sites excluding steroid dienone is 4. The van der Waals surface area contributed by atoms with Crippen LogP contribution in [-0.2, 0) is 19.8 Å². The summed E-state index contributed by atoms with van der Waals surface area (Å²) in [6, 6.07) is 6.85. The Kier molecular flexibility index (Phi) is 6.29. The minimum atomic E-state index is -1.63. The van der Waals surface area contributed by atoms with Crippen LogP contribution in [0.1, 0.15) is 42.3 Å². The summed E-state index contributed by atoms with van der Waals surface area (Å²) in [6.45, 7) is 5.34. The van der Waals surface area contributed by atoms with Crippen molar-refractivity contribution >= 4 is 28.9 Å². The smallest absolute Gasteiger partial charge is 0.243 e. The molecule has 1 unspecified atom stereocenters. The van der Waals surface area contributed by atoms with Crippen molar-refractivity contribution in [2.75, 3.05) is 19.0 Å². The summed E-state index contributed by atoms with van der Waals surface area (Å²) in [7, 11) is 1.48. The second kappa shape index (κ2) is 9.12. The minimum absolute atomic E-state index is 0.00374. The number of nitrogens with one attached hydrogen (secondary N) is 2. The van der Waals surface area contributed by atoms with E-state index in [0.717, 1.165) is 6.08 Å². The highest BCUT2D eigenvalue weighted by Crippen LogP contribution is 2.57. The molecule has 2 aliphatic rings. The Balaban J connectivity index is 1.68. The van der Waals surface area contributed by atoms with Crippen molar-refractivity contribution in [1.82, 2.24) is 5.32 Å². The van der Waals surface area contributed by atoms with Crippen molar-refractivity contribution in [1.29, 1.82) is 0 Å². The summed E-state index contributed by atoms with van der Waals surface area (Å²) in [5.41, 5.74) is -1.42. The molecule has 0 bridgehead atoms. The molecule has 0 radical (unpaired) electrons. The summed E-state index contributed by atoms with van der Waals surface area (Å²) in [5, 5.41) is 26.8. The molecule has 1 aliphatic carbocycles. The van der Waals surface area contributed by atoms with Crippen molar-refractivity contribution in [3.63, 3.8) is 0 Å². The normalized spacial score (nSPS) is 19.3. The number of fused-ring (bicyclic) bond motifs is 3. The van der Waals surface area contributed by atoms with Crippen LogP contribution in [-0.4, -0.2) is 47.1 Å². The lowest BCUT2D eigenvalue weighted by Crippen LogP contribution is -2.41. The number of anilines is 1. The first-order chi connectivity index (χ1) is 17.4. The molecule has 37 heavy (non-hydrogen) atoms. The molecule has 1 aliphatic heterocycles. The zero-order valence-electron chi connectivity index (χ0n) is 20.9. The first kappa shape index (κ1) is 25.5. The molecule has 0 aromatic heterocycles. The molecule has 1 heterocycles. The van der Waals surface area contributed by atoms with Gasteiger partial charge in [0.25, 0.3) is 0 Å². The molecule has 10 nitrogen and oxygen atoms in total. The lowest BCUT2D eigenvalue weighted by molar-refractivity contribution is -0.124. The number of carbonyl (C=O) groups excluding carboxylic acids is 4. The van der Waals surface area contributed by atoms with Crippen molar-refractivity contribution in [3.8, 4) is 23.0 Å². The number of Topliss-reactive ketones (excluding diaryl/α,β-unsaturated/α-hetero) is 2. The zero-order chi connectivity index (χ0) is 27.2. The second-order valence-electron chi connectivity index (χ2n) is 8.99. The zero-order valence-corrected chi connectivity index (χ0v) is 20.9. The molecule has 0 spiro atoms. The number of benzene rings is 2. The molecule has 0 fully saturated rings. The van der Waals surface area contributed by atoms with Gasteiger partial charge in [-0.25, -0.2) is 0 Å². The molecule has 1 atom stereocenters. The van der Waals surface area contributed by atoms with E-state index < -0.39 is 40.2 Å². The Labute approximate surface area is 212 Å². The predicted molar refractivity (Wildman–Crippen MR) is 133 cm³/mol. The minimum Gasteiger partial charge on any atom is -0.507 e. The summed E-state index contributed by atoms with van der Waals surface area (Å²) >= 11 is 0. The molecular weight excluding hydrogens is 480 g/mol. The van der Waals surface area contributed by atoms with Crippen LogP contribution in [0.4, 0.5) is 5.69 Å². The van der Waals surface area contributed by atoms with Crippen molar-refractivity contribution in [3.05, 3.63) is 64.1 Å². The van der Waals surface area contributed by atoms with Gasteiger partial charge in [0.1, 0.15) is 39.7 Å².